The number of pyridine rings is 1. The van der Waals surface area contributed by atoms with E-state index in [9.17, 15) is 5.11 Å². The van der Waals surface area contributed by atoms with Crippen molar-refractivity contribution in [3.8, 4) is 5.75 Å². The molecule has 1 unspecified atom stereocenters. The Balaban J connectivity index is 1.20. The summed E-state index contributed by atoms with van der Waals surface area (Å²) in [4.78, 5) is 10.0. The van der Waals surface area contributed by atoms with Gasteiger partial charge in [0.05, 0.1) is 26.4 Å². The molecule has 1 fully saturated rings. The van der Waals surface area contributed by atoms with Crippen molar-refractivity contribution in [1.82, 2.24) is 14.9 Å². The number of ether oxygens (including phenoxy) is 2. The molecule has 154 valence electrons. The summed E-state index contributed by atoms with van der Waals surface area (Å²) in [5.74, 6) is 1.38. The Morgan fingerprint density at radius 1 is 1.21 bits per heavy atom. The number of hydrogen-bond acceptors (Lipinski definition) is 5. The van der Waals surface area contributed by atoms with Gasteiger partial charge in [0.1, 0.15) is 11.4 Å². The molecule has 3 heterocycles. The number of benzene rings is 1. The largest absolute Gasteiger partial charge is 0.497 e. The Morgan fingerprint density at radius 3 is 2.76 bits per heavy atom. The molecule has 0 aliphatic carbocycles. The molecule has 6 nitrogen and oxygen atoms in total. The van der Waals surface area contributed by atoms with E-state index in [4.69, 9.17) is 9.47 Å². The highest BCUT2D eigenvalue weighted by Gasteiger charge is 2.24. The zero-order valence-corrected chi connectivity index (χ0v) is 16.9. The number of aromatic amines is 1. The number of aromatic nitrogens is 2. The van der Waals surface area contributed by atoms with Crippen molar-refractivity contribution in [2.45, 2.75) is 31.5 Å². The number of methoxy groups -OCH3 is 1. The third-order valence-corrected chi connectivity index (χ3v) is 5.72. The molecule has 0 amide bonds. The average molecular weight is 396 g/mol. The van der Waals surface area contributed by atoms with Crippen LogP contribution in [0.4, 0.5) is 0 Å². The number of β-amino-alcohol motifs (C(OH)–C–C–N with tert-alkyl or cyclic N) is 1. The zero-order chi connectivity index (χ0) is 20.1. The van der Waals surface area contributed by atoms with E-state index >= 15 is 0 Å². The molecule has 1 aliphatic rings. The molecular formula is C23H29N3O3. The standard InChI is InChI=1S/C23H29N3O3/c1-28-20-6-4-17(5-7-20)15-29-16-19(27)14-26-11-8-18(9-12-26)22-13-25-23-21(22)3-2-10-24-23/h2-7,10,13,18-19,27H,8-9,11-12,14-16H2,1H3,(H,24,25). The molecule has 3 aromatic rings. The lowest BCUT2D eigenvalue weighted by molar-refractivity contribution is 0.00623. The van der Waals surface area contributed by atoms with Gasteiger partial charge in [-0.3, -0.25) is 0 Å². The maximum atomic E-state index is 10.4. The lowest BCUT2D eigenvalue weighted by Crippen LogP contribution is -2.39. The summed E-state index contributed by atoms with van der Waals surface area (Å²) in [6.45, 7) is 3.49. The fourth-order valence-electron chi connectivity index (χ4n) is 4.13. The summed E-state index contributed by atoms with van der Waals surface area (Å²) in [5, 5.41) is 11.6. The maximum Gasteiger partial charge on any atom is 0.137 e. The second-order valence-corrected chi connectivity index (χ2v) is 7.74. The summed E-state index contributed by atoms with van der Waals surface area (Å²) < 4.78 is 10.9. The van der Waals surface area contributed by atoms with E-state index in [1.807, 2.05) is 36.5 Å². The molecule has 0 saturated carbocycles. The lowest BCUT2D eigenvalue weighted by Gasteiger charge is -2.33. The summed E-state index contributed by atoms with van der Waals surface area (Å²) in [7, 11) is 1.66. The Bertz CT molecular complexity index is 901. The van der Waals surface area contributed by atoms with Gasteiger partial charge in [0.2, 0.25) is 0 Å². The van der Waals surface area contributed by atoms with Gasteiger partial charge < -0.3 is 24.5 Å². The van der Waals surface area contributed by atoms with E-state index in [2.05, 4.69) is 27.1 Å². The molecule has 6 heteroatoms. The minimum absolute atomic E-state index is 0.347. The van der Waals surface area contributed by atoms with Crippen molar-refractivity contribution in [1.29, 1.82) is 0 Å². The number of piperidine rings is 1. The molecule has 1 aliphatic heterocycles. The van der Waals surface area contributed by atoms with E-state index in [0.29, 0.717) is 25.7 Å². The number of nitrogens with zero attached hydrogens (tertiary/aromatic N) is 2. The van der Waals surface area contributed by atoms with Crippen molar-refractivity contribution in [2.24, 2.45) is 0 Å². The molecule has 0 spiro atoms. The average Bonchev–Trinajstić information content (AvgIpc) is 3.19. The zero-order valence-electron chi connectivity index (χ0n) is 16.9. The lowest BCUT2D eigenvalue weighted by atomic mass is 9.89. The molecule has 2 aromatic heterocycles. The smallest absolute Gasteiger partial charge is 0.137 e. The van der Waals surface area contributed by atoms with Crippen LogP contribution in [0.1, 0.15) is 29.9 Å². The van der Waals surface area contributed by atoms with Crippen LogP contribution < -0.4 is 4.74 Å². The van der Waals surface area contributed by atoms with Crippen molar-refractivity contribution < 1.29 is 14.6 Å². The molecule has 4 rings (SSSR count). The first kappa shape index (κ1) is 19.9. The van der Waals surface area contributed by atoms with Gasteiger partial charge in [-0.1, -0.05) is 12.1 Å². The Labute approximate surface area is 171 Å². The van der Waals surface area contributed by atoms with Crippen molar-refractivity contribution in [2.75, 3.05) is 33.4 Å². The third kappa shape index (κ3) is 4.96. The Hall–Kier alpha value is -2.41. The fourth-order valence-corrected chi connectivity index (χ4v) is 4.13. The topological polar surface area (TPSA) is 70.6 Å². The van der Waals surface area contributed by atoms with Crippen molar-refractivity contribution in [3.05, 3.63) is 59.9 Å². The van der Waals surface area contributed by atoms with E-state index in [0.717, 1.165) is 42.9 Å². The second-order valence-electron chi connectivity index (χ2n) is 7.74. The molecule has 1 aromatic carbocycles. The van der Waals surface area contributed by atoms with Crippen LogP contribution in [0.15, 0.2) is 48.8 Å². The Kier molecular flexibility index (Phi) is 6.44. The van der Waals surface area contributed by atoms with Gasteiger partial charge in [0.15, 0.2) is 0 Å². The highest BCUT2D eigenvalue weighted by Crippen LogP contribution is 2.32. The number of aliphatic hydroxyl groups excluding tert-OH is 1. The number of fused-ring (bicyclic) bond motifs is 1. The van der Waals surface area contributed by atoms with Gasteiger partial charge in [-0.05, 0) is 67.2 Å². The summed E-state index contributed by atoms with van der Waals surface area (Å²) in [6, 6.07) is 11.9. The van der Waals surface area contributed by atoms with Crippen LogP contribution in [-0.4, -0.2) is 59.4 Å². The van der Waals surface area contributed by atoms with Gasteiger partial charge in [0.25, 0.3) is 0 Å². The highest BCUT2D eigenvalue weighted by molar-refractivity contribution is 5.80. The van der Waals surface area contributed by atoms with Crippen LogP contribution in [0.3, 0.4) is 0 Å². The van der Waals surface area contributed by atoms with E-state index in [-0.39, 0.29) is 0 Å². The predicted molar refractivity (Wildman–Crippen MR) is 113 cm³/mol. The van der Waals surface area contributed by atoms with Gasteiger partial charge in [-0.25, -0.2) is 4.98 Å². The summed E-state index contributed by atoms with van der Waals surface area (Å²) in [5.41, 5.74) is 3.41. The number of aliphatic hydroxyl groups is 1. The quantitative estimate of drug-likeness (QED) is 0.612. The first-order valence-electron chi connectivity index (χ1n) is 10.3. The normalized spacial score (nSPS) is 16.9. The van der Waals surface area contributed by atoms with Crippen molar-refractivity contribution >= 4 is 11.0 Å². The van der Waals surface area contributed by atoms with E-state index in [1.54, 1.807) is 7.11 Å². The predicted octanol–water partition coefficient (Wildman–Crippen LogP) is 3.33. The first-order chi connectivity index (χ1) is 14.2. The number of likely N-dealkylation sites (tertiary alicyclic amines) is 1. The van der Waals surface area contributed by atoms with Gasteiger partial charge in [-0.15, -0.1) is 0 Å². The SMILES string of the molecule is COc1ccc(COCC(O)CN2CCC(c3c[nH]c4ncccc34)CC2)cc1. The molecule has 1 saturated heterocycles. The van der Waals surface area contributed by atoms with Crippen LogP contribution in [0, 0.1) is 0 Å². The van der Waals surface area contributed by atoms with Gasteiger partial charge in [0, 0.05) is 24.3 Å². The molecule has 0 radical (unpaired) electrons. The van der Waals surface area contributed by atoms with Crippen LogP contribution >= 0.6 is 0 Å². The maximum absolute atomic E-state index is 10.4. The number of rotatable bonds is 8. The first-order valence-corrected chi connectivity index (χ1v) is 10.3. The monoisotopic (exact) mass is 395 g/mol. The van der Waals surface area contributed by atoms with Gasteiger partial charge >= 0.3 is 0 Å². The molecule has 29 heavy (non-hydrogen) atoms. The number of H-pyrrole nitrogens is 1. The van der Waals surface area contributed by atoms with E-state index in [1.165, 1.54) is 10.9 Å². The van der Waals surface area contributed by atoms with Crippen LogP contribution in [0.5, 0.6) is 5.75 Å². The van der Waals surface area contributed by atoms with Crippen LogP contribution in [0.25, 0.3) is 11.0 Å². The minimum atomic E-state index is -0.470. The fraction of sp³-hybridized carbons (Fsp3) is 0.435. The molecule has 0 bridgehead atoms. The highest BCUT2D eigenvalue weighted by atomic mass is 16.5. The van der Waals surface area contributed by atoms with Crippen LogP contribution in [-0.2, 0) is 11.3 Å². The van der Waals surface area contributed by atoms with Crippen LogP contribution in [0.2, 0.25) is 0 Å². The Morgan fingerprint density at radius 2 is 2.00 bits per heavy atom. The van der Waals surface area contributed by atoms with E-state index < -0.39 is 6.10 Å². The second kappa shape index (κ2) is 9.39. The molecular weight excluding hydrogens is 366 g/mol. The molecule has 1 atom stereocenters. The minimum Gasteiger partial charge on any atom is -0.497 e. The summed E-state index contributed by atoms with van der Waals surface area (Å²) >= 11 is 0. The molecule has 2 N–H and O–H groups in total. The summed E-state index contributed by atoms with van der Waals surface area (Å²) in [6.07, 6.45) is 5.66. The van der Waals surface area contributed by atoms with Gasteiger partial charge in [-0.2, -0.15) is 0 Å². The van der Waals surface area contributed by atoms with Crippen molar-refractivity contribution in [3.63, 3.8) is 0 Å². The third-order valence-electron chi connectivity index (χ3n) is 5.72. The number of hydrogen-bond donors (Lipinski definition) is 2. The number of nitrogens with one attached hydrogen (secondary N) is 1.